The van der Waals surface area contributed by atoms with Gasteiger partial charge >= 0.3 is 0 Å². The molecule has 2 aromatic rings. The number of carbonyl (C=O) groups excluding carboxylic acids is 1. The molecule has 1 saturated heterocycles. The molecule has 6 heteroatoms. The quantitative estimate of drug-likeness (QED) is 0.846. The minimum absolute atomic E-state index is 0.0879. The molecule has 1 aromatic carbocycles. The van der Waals surface area contributed by atoms with Gasteiger partial charge in [0.1, 0.15) is 11.6 Å². The number of rotatable bonds is 3. The molecule has 6 nitrogen and oxygen atoms in total. The van der Waals surface area contributed by atoms with Crippen molar-refractivity contribution in [1.29, 1.82) is 0 Å². The molecule has 3 rings (SSSR count). The number of nitrogens with zero attached hydrogens (tertiary/aromatic N) is 2. The molecule has 3 N–H and O–H groups in total. The summed E-state index contributed by atoms with van der Waals surface area (Å²) in [6.07, 6.45) is 3.37. The van der Waals surface area contributed by atoms with Crippen molar-refractivity contribution in [2.75, 3.05) is 24.1 Å². The molecule has 1 unspecified atom stereocenters. The van der Waals surface area contributed by atoms with Crippen LogP contribution in [0.5, 0.6) is 0 Å². The summed E-state index contributed by atoms with van der Waals surface area (Å²) >= 11 is 0. The molecule has 0 spiro atoms. The van der Waals surface area contributed by atoms with E-state index < -0.39 is 0 Å². The molecule has 0 bridgehead atoms. The number of nitrogen functional groups attached to an aromatic ring is 1. The molecule has 21 heavy (non-hydrogen) atoms. The van der Waals surface area contributed by atoms with Gasteiger partial charge in [-0.3, -0.25) is 4.79 Å². The molecule has 112 valence electrons. The maximum atomic E-state index is 12.4. The summed E-state index contributed by atoms with van der Waals surface area (Å²) in [6, 6.07) is 5.37. The minimum atomic E-state index is -0.364. The molecule has 1 atom stereocenters. The number of amides is 1. The first-order chi connectivity index (χ1) is 10.1. The Morgan fingerprint density at radius 2 is 2.14 bits per heavy atom. The van der Waals surface area contributed by atoms with Crippen LogP contribution in [-0.4, -0.2) is 34.9 Å². The van der Waals surface area contributed by atoms with Gasteiger partial charge in [-0.1, -0.05) is 6.07 Å². The summed E-state index contributed by atoms with van der Waals surface area (Å²) in [6.45, 7) is 3.51. The zero-order valence-corrected chi connectivity index (χ0v) is 12.1. The van der Waals surface area contributed by atoms with Crippen molar-refractivity contribution < 1.29 is 9.21 Å². The number of hydrogen-bond acceptors (Lipinski definition) is 5. The summed E-state index contributed by atoms with van der Waals surface area (Å²) < 4.78 is 5.58. The number of anilines is 2. The first-order valence-corrected chi connectivity index (χ1v) is 7.35. The van der Waals surface area contributed by atoms with E-state index in [0.717, 1.165) is 25.9 Å². The Balaban J connectivity index is 1.72. The van der Waals surface area contributed by atoms with Gasteiger partial charge < -0.3 is 20.4 Å². The molecular weight excluding hydrogens is 268 g/mol. The first-order valence-electron chi connectivity index (χ1n) is 7.35. The molecule has 1 fully saturated rings. The number of oxazole rings is 1. The molecule has 2 heterocycles. The Morgan fingerprint density at radius 1 is 1.38 bits per heavy atom. The number of nitrogens with one attached hydrogen (secondary N) is 1. The fraction of sp³-hybridized carbons (Fsp3) is 0.467. The van der Waals surface area contributed by atoms with E-state index in [1.54, 1.807) is 12.1 Å². The lowest BCUT2D eigenvalue weighted by Gasteiger charge is -2.29. The summed E-state index contributed by atoms with van der Waals surface area (Å²) in [5.41, 5.74) is 7.66. The van der Waals surface area contributed by atoms with E-state index in [1.165, 1.54) is 6.42 Å². The van der Waals surface area contributed by atoms with Crippen LogP contribution in [0.15, 0.2) is 22.6 Å². The number of fused-ring (bicyclic) bond motifs is 1. The highest BCUT2D eigenvalue weighted by molar-refractivity contribution is 5.87. The number of nitrogens with two attached hydrogens (primary N) is 1. The summed E-state index contributed by atoms with van der Waals surface area (Å²) in [5, 5.41) is 3.03. The Morgan fingerprint density at radius 3 is 2.86 bits per heavy atom. The summed E-state index contributed by atoms with van der Waals surface area (Å²) in [7, 11) is 0. The van der Waals surface area contributed by atoms with Gasteiger partial charge in [-0.25, -0.2) is 0 Å². The molecule has 1 aliphatic heterocycles. The van der Waals surface area contributed by atoms with Crippen molar-refractivity contribution in [1.82, 2.24) is 9.88 Å². The standard InChI is InChI=1S/C15H20N4O2/c1-10(14(20)19-8-3-2-4-9-19)17-15-18-13-11(16)6-5-7-12(13)21-15/h5-7,10H,2-4,8-9,16H2,1H3,(H,17,18). The van der Waals surface area contributed by atoms with E-state index in [-0.39, 0.29) is 11.9 Å². The van der Waals surface area contributed by atoms with Crippen molar-refractivity contribution in [2.24, 2.45) is 0 Å². The smallest absolute Gasteiger partial charge is 0.296 e. The number of para-hydroxylation sites is 1. The SMILES string of the molecule is CC(Nc1nc2c(N)cccc2o1)C(=O)N1CCCCC1. The van der Waals surface area contributed by atoms with Gasteiger partial charge in [0.2, 0.25) is 5.91 Å². The van der Waals surface area contributed by atoms with Gasteiger partial charge in [0.05, 0.1) is 5.69 Å². The Hall–Kier alpha value is -2.24. The third-order valence-corrected chi connectivity index (χ3v) is 3.83. The molecule has 0 aliphatic carbocycles. The Labute approximate surface area is 123 Å². The third-order valence-electron chi connectivity index (χ3n) is 3.83. The minimum Gasteiger partial charge on any atom is -0.423 e. The molecule has 1 aliphatic rings. The highest BCUT2D eigenvalue weighted by Crippen LogP contribution is 2.24. The number of benzene rings is 1. The number of likely N-dealkylation sites (tertiary alicyclic amines) is 1. The van der Waals surface area contributed by atoms with E-state index in [0.29, 0.717) is 22.8 Å². The van der Waals surface area contributed by atoms with E-state index >= 15 is 0 Å². The van der Waals surface area contributed by atoms with Gasteiger partial charge in [0, 0.05) is 13.1 Å². The lowest BCUT2D eigenvalue weighted by Crippen LogP contribution is -2.43. The van der Waals surface area contributed by atoms with Crippen LogP contribution in [0, 0.1) is 0 Å². The number of piperidine rings is 1. The van der Waals surface area contributed by atoms with Crippen molar-refractivity contribution in [2.45, 2.75) is 32.2 Å². The van der Waals surface area contributed by atoms with Crippen LogP contribution in [0.3, 0.4) is 0 Å². The lowest BCUT2D eigenvalue weighted by atomic mass is 10.1. The van der Waals surface area contributed by atoms with Gasteiger partial charge in [0.25, 0.3) is 6.01 Å². The molecular formula is C15H20N4O2. The van der Waals surface area contributed by atoms with Gasteiger partial charge in [-0.05, 0) is 38.3 Å². The van der Waals surface area contributed by atoms with E-state index in [9.17, 15) is 4.79 Å². The zero-order chi connectivity index (χ0) is 14.8. The average molecular weight is 288 g/mol. The number of aromatic nitrogens is 1. The van der Waals surface area contributed by atoms with Crippen LogP contribution in [0.4, 0.5) is 11.7 Å². The second-order valence-electron chi connectivity index (χ2n) is 5.46. The highest BCUT2D eigenvalue weighted by atomic mass is 16.4. The van der Waals surface area contributed by atoms with Crippen molar-refractivity contribution in [3.8, 4) is 0 Å². The van der Waals surface area contributed by atoms with Crippen LogP contribution in [0.25, 0.3) is 11.1 Å². The van der Waals surface area contributed by atoms with E-state index in [1.807, 2.05) is 17.9 Å². The van der Waals surface area contributed by atoms with Crippen LogP contribution in [0.1, 0.15) is 26.2 Å². The van der Waals surface area contributed by atoms with Crippen molar-refractivity contribution >= 4 is 28.7 Å². The summed E-state index contributed by atoms with van der Waals surface area (Å²) in [5.74, 6) is 0.0879. The van der Waals surface area contributed by atoms with Crippen molar-refractivity contribution in [3.05, 3.63) is 18.2 Å². The van der Waals surface area contributed by atoms with Crippen molar-refractivity contribution in [3.63, 3.8) is 0 Å². The van der Waals surface area contributed by atoms with Crippen LogP contribution >= 0.6 is 0 Å². The zero-order valence-electron chi connectivity index (χ0n) is 12.1. The highest BCUT2D eigenvalue weighted by Gasteiger charge is 2.23. The monoisotopic (exact) mass is 288 g/mol. The van der Waals surface area contributed by atoms with E-state index in [4.69, 9.17) is 10.2 Å². The fourth-order valence-electron chi connectivity index (χ4n) is 2.67. The second kappa shape index (κ2) is 5.63. The normalized spacial score (nSPS) is 16.9. The molecule has 0 radical (unpaired) electrons. The largest absolute Gasteiger partial charge is 0.423 e. The van der Waals surface area contributed by atoms with Gasteiger partial charge in [0.15, 0.2) is 5.58 Å². The Kier molecular flexibility index (Phi) is 3.68. The van der Waals surface area contributed by atoms with Crippen LogP contribution in [-0.2, 0) is 4.79 Å². The topological polar surface area (TPSA) is 84.4 Å². The Bertz CT molecular complexity index is 646. The third kappa shape index (κ3) is 2.79. The lowest BCUT2D eigenvalue weighted by molar-refractivity contribution is -0.132. The average Bonchev–Trinajstić information content (AvgIpc) is 2.91. The molecule has 1 amide bonds. The van der Waals surface area contributed by atoms with E-state index in [2.05, 4.69) is 10.3 Å². The second-order valence-corrected chi connectivity index (χ2v) is 5.46. The fourth-order valence-corrected chi connectivity index (χ4v) is 2.67. The van der Waals surface area contributed by atoms with Crippen LogP contribution < -0.4 is 11.1 Å². The predicted octanol–water partition coefficient (Wildman–Crippen LogP) is 2.22. The van der Waals surface area contributed by atoms with Crippen LogP contribution in [0.2, 0.25) is 0 Å². The summed E-state index contributed by atoms with van der Waals surface area (Å²) in [4.78, 5) is 18.6. The maximum absolute atomic E-state index is 12.4. The first kappa shape index (κ1) is 13.7. The number of hydrogen-bond donors (Lipinski definition) is 2. The molecule has 0 saturated carbocycles. The van der Waals surface area contributed by atoms with Gasteiger partial charge in [-0.15, -0.1) is 0 Å². The number of carbonyl (C=O) groups is 1. The molecule has 1 aromatic heterocycles. The van der Waals surface area contributed by atoms with Gasteiger partial charge in [-0.2, -0.15) is 4.98 Å². The predicted molar refractivity (Wildman–Crippen MR) is 81.9 cm³/mol. The maximum Gasteiger partial charge on any atom is 0.296 e.